The molecule has 0 aliphatic carbocycles. The van der Waals surface area contributed by atoms with Crippen LogP contribution in [0, 0.1) is 0 Å². The quantitative estimate of drug-likeness (QED) is 0.561. The Hall–Kier alpha value is -2.87. The van der Waals surface area contributed by atoms with E-state index in [1.54, 1.807) is 19.5 Å². The lowest BCUT2D eigenvalue weighted by Gasteiger charge is -2.33. The first-order valence-electron chi connectivity index (χ1n) is 10.1. The van der Waals surface area contributed by atoms with E-state index in [0.717, 1.165) is 30.6 Å². The molecule has 0 bridgehead atoms. The van der Waals surface area contributed by atoms with Gasteiger partial charge in [-0.05, 0) is 50.5 Å². The number of thioether (sulfide) groups is 1. The molecule has 1 aliphatic rings. The van der Waals surface area contributed by atoms with Crippen LogP contribution in [0.15, 0.2) is 53.9 Å². The van der Waals surface area contributed by atoms with Crippen LogP contribution in [-0.2, 0) is 4.79 Å². The smallest absolute Gasteiger partial charge is 0.233 e. The third-order valence-electron chi connectivity index (χ3n) is 5.33. The Morgan fingerprint density at radius 2 is 2.07 bits per heavy atom. The largest absolute Gasteiger partial charge is 0.495 e. The van der Waals surface area contributed by atoms with E-state index in [0.29, 0.717) is 28.5 Å². The molecule has 1 atom stereocenters. The highest BCUT2D eigenvalue weighted by Crippen LogP contribution is 2.32. The number of amides is 1. The number of rotatable bonds is 6. The molecule has 0 radical (unpaired) electrons. The topological polar surface area (TPSA) is 73.1 Å². The zero-order valence-electron chi connectivity index (χ0n) is 17.2. The first-order valence-corrected chi connectivity index (χ1v) is 11.1. The summed E-state index contributed by atoms with van der Waals surface area (Å²) in [6.45, 7) is 2.96. The number of aromatic nitrogens is 4. The van der Waals surface area contributed by atoms with Crippen LogP contribution in [0.4, 0.5) is 0 Å². The van der Waals surface area contributed by atoms with Gasteiger partial charge in [0.15, 0.2) is 11.0 Å². The number of para-hydroxylation sites is 2. The lowest BCUT2D eigenvalue weighted by atomic mass is 10.0. The van der Waals surface area contributed by atoms with Gasteiger partial charge < -0.3 is 9.64 Å². The lowest BCUT2D eigenvalue weighted by Crippen LogP contribution is -2.42. The summed E-state index contributed by atoms with van der Waals surface area (Å²) in [4.78, 5) is 19.0. The van der Waals surface area contributed by atoms with E-state index in [-0.39, 0.29) is 5.91 Å². The normalized spacial score (nSPS) is 16.5. The molecule has 1 aromatic carbocycles. The monoisotopic (exact) mass is 423 g/mol. The maximum Gasteiger partial charge on any atom is 0.233 e. The van der Waals surface area contributed by atoms with Crippen molar-refractivity contribution in [3.05, 3.63) is 48.8 Å². The van der Waals surface area contributed by atoms with Crippen LogP contribution < -0.4 is 4.74 Å². The van der Waals surface area contributed by atoms with Gasteiger partial charge in [-0.1, -0.05) is 23.9 Å². The van der Waals surface area contributed by atoms with Crippen LogP contribution in [0.2, 0.25) is 0 Å². The summed E-state index contributed by atoms with van der Waals surface area (Å²) in [5.41, 5.74) is 1.67. The van der Waals surface area contributed by atoms with Crippen LogP contribution in [0.3, 0.4) is 0 Å². The Bertz CT molecular complexity index is 1010. The molecule has 7 nitrogen and oxygen atoms in total. The molecule has 1 fully saturated rings. The van der Waals surface area contributed by atoms with Gasteiger partial charge in [-0.15, -0.1) is 10.2 Å². The molecular formula is C22H25N5O2S. The highest BCUT2D eigenvalue weighted by Gasteiger charge is 2.25. The molecule has 1 saturated heterocycles. The van der Waals surface area contributed by atoms with E-state index in [1.165, 1.54) is 18.2 Å². The van der Waals surface area contributed by atoms with Crippen LogP contribution in [0.25, 0.3) is 17.1 Å². The number of hydrogen-bond acceptors (Lipinski definition) is 6. The van der Waals surface area contributed by atoms with Crippen molar-refractivity contribution < 1.29 is 9.53 Å². The third kappa shape index (κ3) is 4.18. The zero-order chi connectivity index (χ0) is 20.9. The highest BCUT2D eigenvalue weighted by molar-refractivity contribution is 7.99. The lowest BCUT2D eigenvalue weighted by molar-refractivity contribution is -0.131. The van der Waals surface area contributed by atoms with Crippen molar-refractivity contribution in [1.29, 1.82) is 0 Å². The van der Waals surface area contributed by atoms with Gasteiger partial charge in [0, 0.05) is 30.5 Å². The Kier molecular flexibility index (Phi) is 6.32. The Balaban J connectivity index is 1.66. The number of pyridine rings is 1. The molecule has 2 aromatic heterocycles. The maximum atomic E-state index is 12.8. The molecule has 3 heterocycles. The Labute approximate surface area is 180 Å². The summed E-state index contributed by atoms with van der Waals surface area (Å²) >= 11 is 1.40. The minimum Gasteiger partial charge on any atom is -0.495 e. The molecule has 0 N–H and O–H groups in total. The van der Waals surface area contributed by atoms with Gasteiger partial charge in [0.1, 0.15) is 5.75 Å². The van der Waals surface area contributed by atoms with Gasteiger partial charge in [0.05, 0.1) is 18.6 Å². The Morgan fingerprint density at radius 1 is 1.20 bits per heavy atom. The summed E-state index contributed by atoms with van der Waals surface area (Å²) in [7, 11) is 1.64. The van der Waals surface area contributed by atoms with E-state index in [4.69, 9.17) is 4.74 Å². The van der Waals surface area contributed by atoms with Crippen LogP contribution in [0.5, 0.6) is 5.75 Å². The van der Waals surface area contributed by atoms with E-state index in [1.807, 2.05) is 45.9 Å². The second kappa shape index (κ2) is 9.30. The average molecular weight is 424 g/mol. The van der Waals surface area contributed by atoms with Crippen molar-refractivity contribution in [2.75, 3.05) is 19.4 Å². The zero-order valence-corrected chi connectivity index (χ0v) is 18.0. The predicted molar refractivity (Wildman–Crippen MR) is 117 cm³/mol. The van der Waals surface area contributed by atoms with Crippen molar-refractivity contribution in [1.82, 2.24) is 24.6 Å². The molecule has 1 unspecified atom stereocenters. The second-order valence-corrected chi connectivity index (χ2v) is 8.22. The van der Waals surface area contributed by atoms with E-state index in [2.05, 4.69) is 22.1 Å². The number of benzene rings is 1. The van der Waals surface area contributed by atoms with Gasteiger partial charge in [0.25, 0.3) is 0 Å². The summed E-state index contributed by atoms with van der Waals surface area (Å²) in [6.07, 6.45) is 6.81. The first-order chi connectivity index (χ1) is 14.7. The third-order valence-corrected chi connectivity index (χ3v) is 6.24. The molecule has 1 aliphatic heterocycles. The van der Waals surface area contributed by atoms with E-state index >= 15 is 0 Å². The number of ether oxygens (including phenoxy) is 1. The Morgan fingerprint density at radius 3 is 2.83 bits per heavy atom. The minimum absolute atomic E-state index is 0.143. The van der Waals surface area contributed by atoms with Crippen LogP contribution in [-0.4, -0.2) is 56.0 Å². The number of carbonyl (C=O) groups is 1. The number of piperidine rings is 1. The second-order valence-electron chi connectivity index (χ2n) is 7.28. The summed E-state index contributed by atoms with van der Waals surface area (Å²) in [5, 5.41) is 9.47. The molecule has 30 heavy (non-hydrogen) atoms. The van der Waals surface area contributed by atoms with Gasteiger partial charge in [-0.3, -0.25) is 14.3 Å². The van der Waals surface area contributed by atoms with Gasteiger partial charge >= 0.3 is 0 Å². The van der Waals surface area contributed by atoms with Crippen molar-refractivity contribution in [3.63, 3.8) is 0 Å². The molecule has 4 rings (SSSR count). The van der Waals surface area contributed by atoms with Crippen molar-refractivity contribution >= 4 is 17.7 Å². The summed E-state index contributed by atoms with van der Waals surface area (Å²) in [5.74, 6) is 1.84. The fraction of sp³-hybridized carbons (Fsp3) is 0.364. The van der Waals surface area contributed by atoms with Crippen LogP contribution >= 0.6 is 11.8 Å². The van der Waals surface area contributed by atoms with Crippen molar-refractivity contribution in [2.24, 2.45) is 0 Å². The number of nitrogens with zero attached hydrogens (tertiary/aromatic N) is 5. The number of hydrogen-bond donors (Lipinski definition) is 0. The van der Waals surface area contributed by atoms with E-state index in [9.17, 15) is 4.79 Å². The van der Waals surface area contributed by atoms with Crippen LogP contribution in [0.1, 0.15) is 26.2 Å². The molecule has 1 amide bonds. The van der Waals surface area contributed by atoms with Gasteiger partial charge in [0.2, 0.25) is 5.91 Å². The van der Waals surface area contributed by atoms with E-state index < -0.39 is 0 Å². The molecular weight excluding hydrogens is 398 g/mol. The summed E-state index contributed by atoms with van der Waals surface area (Å²) < 4.78 is 7.51. The molecule has 8 heteroatoms. The van der Waals surface area contributed by atoms with Gasteiger partial charge in [-0.25, -0.2) is 0 Å². The van der Waals surface area contributed by atoms with Gasteiger partial charge in [-0.2, -0.15) is 0 Å². The number of carbonyl (C=O) groups excluding carboxylic acids is 1. The molecule has 0 saturated carbocycles. The fourth-order valence-electron chi connectivity index (χ4n) is 3.75. The fourth-order valence-corrected chi connectivity index (χ4v) is 4.59. The maximum absolute atomic E-state index is 12.8. The number of methoxy groups -OCH3 is 1. The minimum atomic E-state index is 0.143. The SMILES string of the molecule is COc1ccccc1-n1c(SCC(=O)N2CCCCC2C)nnc1-c1cccnc1. The van der Waals surface area contributed by atoms with Crippen molar-refractivity contribution in [3.8, 4) is 22.8 Å². The molecule has 0 spiro atoms. The van der Waals surface area contributed by atoms with Crippen molar-refractivity contribution in [2.45, 2.75) is 37.4 Å². The standard InChI is InChI=1S/C22H25N5O2S/c1-16-8-5-6-13-26(16)20(28)15-30-22-25-24-21(17-9-7-12-23-14-17)27(22)18-10-3-4-11-19(18)29-2/h3-4,7,9-12,14,16H,5-6,8,13,15H2,1-2H3. The first kappa shape index (κ1) is 20.4. The molecule has 3 aromatic rings. The highest BCUT2D eigenvalue weighted by atomic mass is 32.2. The molecule has 156 valence electrons. The predicted octanol–water partition coefficient (Wildman–Crippen LogP) is 3.83. The number of likely N-dealkylation sites (tertiary alicyclic amines) is 1. The average Bonchev–Trinajstić information content (AvgIpc) is 3.22. The summed E-state index contributed by atoms with van der Waals surface area (Å²) in [6, 6.07) is 11.8.